The summed E-state index contributed by atoms with van der Waals surface area (Å²) in [6, 6.07) is 0. The minimum Gasteiger partial charge on any atom is -0.306 e. The lowest BCUT2D eigenvalue weighted by atomic mass is 9.81. The average Bonchev–Trinajstić information content (AvgIpc) is 3.02. The van der Waals surface area contributed by atoms with Gasteiger partial charge in [0.05, 0.1) is 0 Å². The monoisotopic (exact) mass is 289 g/mol. The summed E-state index contributed by atoms with van der Waals surface area (Å²) in [5, 5.41) is 1.16. The van der Waals surface area contributed by atoms with Gasteiger partial charge in [0, 0.05) is 18.4 Å². The summed E-state index contributed by atoms with van der Waals surface area (Å²) in [6.45, 7) is 7.22. The quantitative estimate of drug-likeness (QED) is 0.572. The molecular weight excluding hydrogens is 262 g/mol. The summed E-state index contributed by atoms with van der Waals surface area (Å²) in [5.74, 6) is 1.02. The minimum absolute atomic E-state index is 0.521. The first-order valence-corrected chi connectivity index (χ1v) is 8.02. The average molecular weight is 290 g/mol. The van der Waals surface area contributed by atoms with Crippen molar-refractivity contribution in [3.05, 3.63) is 0 Å². The molecule has 0 unspecified atom stereocenters. The Bertz CT molecular complexity index is 183. The number of rotatable bonds is 9. The van der Waals surface area contributed by atoms with E-state index in [2.05, 4.69) is 41.7 Å². The van der Waals surface area contributed by atoms with Crippen LogP contribution < -0.4 is 0 Å². The van der Waals surface area contributed by atoms with E-state index in [0.29, 0.717) is 5.41 Å². The van der Waals surface area contributed by atoms with Crippen LogP contribution in [0.4, 0.5) is 0 Å². The van der Waals surface area contributed by atoms with Crippen molar-refractivity contribution >= 4 is 15.9 Å². The highest BCUT2D eigenvalue weighted by Gasteiger charge is 2.30. The number of hydrogen-bond donors (Lipinski definition) is 0. The predicted octanol–water partition coefficient (Wildman–Crippen LogP) is 4.31. The maximum absolute atomic E-state index is 3.76. The van der Waals surface area contributed by atoms with E-state index in [1.807, 2.05) is 0 Å². The van der Waals surface area contributed by atoms with E-state index in [1.54, 1.807) is 0 Å². The van der Waals surface area contributed by atoms with Gasteiger partial charge < -0.3 is 4.90 Å². The highest BCUT2D eigenvalue weighted by Crippen LogP contribution is 2.35. The Kier molecular flexibility index (Phi) is 6.35. The Morgan fingerprint density at radius 2 is 1.75 bits per heavy atom. The minimum atomic E-state index is 0.521. The Balaban J connectivity index is 2.44. The van der Waals surface area contributed by atoms with Gasteiger partial charge in [0.25, 0.3) is 0 Å². The van der Waals surface area contributed by atoms with Crippen molar-refractivity contribution in [3.8, 4) is 0 Å². The van der Waals surface area contributed by atoms with Crippen molar-refractivity contribution in [1.29, 1.82) is 0 Å². The van der Waals surface area contributed by atoms with Crippen LogP contribution in [0, 0.1) is 11.3 Å². The Morgan fingerprint density at radius 3 is 2.12 bits per heavy atom. The fourth-order valence-corrected chi connectivity index (χ4v) is 3.64. The third-order valence-corrected chi connectivity index (χ3v) is 4.91. The smallest absolute Gasteiger partial charge is 0.0100 e. The number of hydrogen-bond acceptors (Lipinski definition) is 1. The molecule has 1 aliphatic carbocycles. The third kappa shape index (κ3) is 4.75. The summed E-state index contributed by atoms with van der Waals surface area (Å²) in [7, 11) is 2.31. The highest BCUT2D eigenvalue weighted by molar-refractivity contribution is 9.09. The summed E-state index contributed by atoms with van der Waals surface area (Å²) in [6.07, 6.45) is 8.27. The Hall–Kier alpha value is 0.440. The Labute approximate surface area is 110 Å². The molecule has 2 heteroatoms. The second-order valence-electron chi connectivity index (χ2n) is 5.77. The van der Waals surface area contributed by atoms with Crippen LogP contribution in [0.2, 0.25) is 0 Å². The van der Waals surface area contributed by atoms with Crippen molar-refractivity contribution in [2.75, 3.05) is 25.5 Å². The normalized spacial score (nSPS) is 17.1. The van der Waals surface area contributed by atoms with Gasteiger partial charge in [0.2, 0.25) is 0 Å². The molecule has 1 saturated carbocycles. The van der Waals surface area contributed by atoms with E-state index in [4.69, 9.17) is 0 Å². The van der Waals surface area contributed by atoms with Gasteiger partial charge in [-0.1, -0.05) is 42.6 Å². The fourth-order valence-electron chi connectivity index (χ4n) is 2.90. The van der Waals surface area contributed by atoms with Crippen molar-refractivity contribution < 1.29 is 0 Å². The van der Waals surface area contributed by atoms with Crippen LogP contribution in [0.3, 0.4) is 0 Å². The number of halogens is 1. The van der Waals surface area contributed by atoms with Gasteiger partial charge in [0.1, 0.15) is 0 Å². The van der Waals surface area contributed by atoms with Gasteiger partial charge in [-0.3, -0.25) is 0 Å². The molecule has 0 aliphatic heterocycles. The molecule has 0 radical (unpaired) electrons. The lowest BCUT2D eigenvalue weighted by Gasteiger charge is -2.36. The maximum atomic E-state index is 3.76. The molecule has 0 atom stereocenters. The van der Waals surface area contributed by atoms with E-state index in [0.717, 1.165) is 11.2 Å². The molecule has 1 rings (SSSR count). The topological polar surface area (TPSA) is 3.24 Å². The van der Waals surface area contributed by atoms with Gasteiger partial charge in [-0.25, -0.2) is 0 Å². The summed E-state index contributed by atoms with van der Waals surface area (Å²) >= 11 is 3.76. The van der Waals surface area contributed by atoms with E-state index >= 15 is 0 Å². The molecule has 0 N–H and O–H groups in total. The lowest BCUT2D eigenvalue weighted by molar-refractivity contribution is 0.166. The van der Waals surface area contributed by atoms with Crippen LogP contribution in [0.15, 0.2) is 0 Å². The molecule has 0 bridgehead atoms. The van der Waals surface area contributed by atoms with E-state index in [-0.39, 0.29) is 0 Å². The molecule has 0 heterocycles. The van der Waals surface area contributed by atoms with E-state index in [9.17, 15) is 0 Å². The molecule has 0 aromatic heterocycles. The fraction of sp³-hybridized carbons (Fsp3) is 1.00. The molecular formula is C14H28BrN. The molecule has 0 aromatic carbocycles. The molecule has 1 aliphatic rings. The maximum Gasteiger partial charge on any atom is 0.0100 e. The van der Waals surface area contributed by atoms with Crippen LogP contribution in [0.25, 0.3) is 0 Å². The first-order chi connectivity index (χ1) is 7.65. The van der Waals surface area contributed by atoms with Gasteiger partial charge in [-0.15, -0.1) is 0 Å². The van der Waals surface area contributed by atoms with Crippen LogP contribution in [-0.2, 0) is 0 Å². The molecule has 16 heavy (non-hydrogen) atoms. The molecule has 0 spiro atoms. The predicted molar refractivity (Wildman–Crippen MR) is 76.3 cm³/mol. The van der Waals surface area contributed by atoms with Crippen molar-refractivity contribution in [2.45, 2.75) is 52.4 Å². The first-order valence-electron chi connectivity index (χ1n) is 6.90. The van der Waals surface area contributed by atoms with Crippen molar-refractivity contribution in [2.24, 2.45) is 11.3 Å². The number of nitrogens with zero attached hydrogens (tertiary/aromatic N) is 1. The van der Waals surface area contributed by atoms with Gasteiger partial charge >= 0.3 is 0 Å². The van der Waals surface area contributed by atoms with Crippen LogP contribution >= 0.6 is 15.9 Å². The van der Waals surface area contributed by atoms with Crippen LogP contribution in [0.1, 0.15) is 52.4 Å². The van der Waals surface area contributed by atoms with Crippen molar-refractivity contribution in [3.63, 3.8) is 0 Å². The van der Waals surface area contributed by atoms with E-state index < -0.39 is 0 Å². The molecule has 0 aromatic rings. The Morgan fingerprint density at radius 1 is 1.19 bits per heavy atom. The summed E-state index contributed by atoms with van der Waals surface area (Å²) in [4.78, 5) is 2.57. The van der Waals surface area contributed by atoms with Crippen molar-refractivity contribution in [1.82, 2.24) is 4.90 Å². The van der Waals surface area contributed by atoms with Crippen LogP contribution in [-0.4, -0.2) is 30.4 Å². The lowest BCUT2D eigenvalue weighted by Crippen LogP contribution is -2.38. The second kappa shape index (κ2) is 7.00. The van der Waals surface area contributed by atoms with E-state index in [1.165, 1.54) is 51.6 Å². The second-order valence-corrected chi connectivity index (χ2v) is 6.33. The number of alkyl halides is 1. The molecule has 96 valence electrons. The standard InChI is InChI=1S/C14H28BrN/c1-4-8-14(11-15,9-5-2)12-16(3)10-13-6-7-13/h13H,4-12H2,1-3H3. The largest absolute Gasteiger partial charge is 0.306 e. The summed E-state index contributed by atoms with van der Waals surface area (Å²) in [5.41, 5.74) is 0.521. The summed E-state index contributed by atoms with van der Waals surface area (Å²) < 4.78 is 0. The molecule has 0 amide bonds. The van der Waals surface area contributed by atoms with Crippen LogP contribution in [0.5, 0.6) is 0 Å². The van der Waals surface area contributed by atoms with Gasteiger partial charge in [0.15, 0.2) is 0 Å². The zero-order valence-corrected chi connectivity index (χ0v) is 12.9. The zero-order chi connectivity index (χ0) is 12.0. The van der Waals surface area contributed by atoms with Gasteiger partial charge in [-0.2, -0.15) is 0 Å². The van der Waals surface area contributed by atoms with Gasteiger partial charge in [-0.05, 0) is 44.1 Å². The molecule has 1 nitrogen and oxygen atoms in total. The zero-order valence-electron chi connectivity index (χ0n) is 11.3. The molecule has 0 saturated heterocycles. The third-order valence-electron chi connectivity index (χ3n) is 3.72. The highest BCUT2D eigenvalue weighted by atomic mass is 79.9. The first kappa shape index (κ1) is 14.5. The SMILES string of the molecule is CCCC(CBr)(CCC)CN(C)CC1CC1. The molecule has 1 fully saturated rings.